The lowest BCUT2D eigenvalue weighted by atomic mass is 10.1. The van der Waals surface area contributed by atoms with Gasteiger partial charge in [0.25, 0.3) is 12.2 Å². The van der Waals surface area contributed by atoms with Crippen LogP contribution in [0.4, 0.5) is 22.0 Å². The van der Waals surface area contributed by atoms with E-state index in [1.807, 2.05) is 0 Å². The average Bonchev–Trinajstić information content (AvgIpc) is 2.54. The lowest BCUT2D eigenvalue weighted by Crippen LogP contribution is -2.48. The van der Waals surface area contributed by atoms with Gasteiger partial charge in [-0.1, -0.05) is 0 Å². The van der Waals surface area contributed by atoms with Crippen molar-refractivity contribution in [2.75, 3.05) is 0 Å². The second kappa shape index (κ2) is 6.73. The van der Waals surface area contributed by atoms with Crippen LogP contribution in [0.3, 0.4) is 0 Å². The van der Waals surface area contributed by atoms with Gasteiger partial charge in [-0.2, -0.15) is 9.98 Å². The number of alkyl halides is 3. The number of nitrogens with one attached hydrogen (secondary N) is 1. The van der Waals surface area contributed by atoms with Crippen molar-refractivity contribution in [3.05, 3.63) is 59.4 Å². The molecule has 0 aliphatic rings. The summed E-state index contributed by atoms with van der Waals surface area (Å²) in [5.41, 5.74) is -1.62. The minimum atomic E-state index is -4.95. The van der Waals surface area contributed by atoms with Gasteiger partial charge < -0.3 is 0 Å². The van der Waals surface area contributed by atoms with Crippen molar-refractivity contribution in [1.82, 2.24) is 9.71 Å². The van der Waals surface area contributed by atoms with Crippen molar-refractivity contribution in [3.8, 4) is 6.07 Å². The minimum Gasteiger partial charge on any atom is -0.262 e. The van der Waals surface area contributed by atoms with Crippen molar-refractivity contribution in [2.45, 2.75) is 17.1 Å². The van der Waals surface area contributed by atoms with Crippen LogP contribution in [0.5, 0.6) is 0 Å². The number of rotatable bonds is 5. The minimum absolute atomic E-state index is 0.137. The molecule has 1 aromatic heterocycles. The third kappa shape index (κ3) is 3.75. The van der Waals surface area contributed by atoms with Crippen LogP contribution >= 0.6 is 0 Å². The Bertz CT molecular complexity index is 946. The Morgan fingerprint density at radius 1 is 1.20 bits per heavy atom. The summed E-state index contributed by atoms with van der Waals surface area (Å²) in [4.78, 5) is 2.64. The number of hydrogen-bond donors (Lipinski definition) is 1. The van der Waals surface area contributed by atoms with Crippen LogP contribution < -0.4 is 4.72 Å². The number of pyridine rings is 1. The molecule has 0 fully saturated rings. The fourth-order valence-corrected chi connectivity index (χ4v) is 3.07. The molecule has 1 atom stereocenters. The van der Waals surface area contributed by atoms with Gasteiger partial charge in [0.2, 0.25) is 10.0 Å². The zero-order chi connectivity index (χ0) is 18.8. The lowest BCUT2D eigenvalue weighted by molar-refractivity contribution is -0.0496. The van der Waals surface area contributed by atoms with Gasteiger partial charge in [0.1, 0.15) is 22.6 Å². The molecule has 132 valence electrons. The number of nitriles is 1. The maximum absolute atomic E-state index is 14.7. The Morgan fingerprint density at radius 3 is 2.44 bits per heavy atom. The van der Waals surface area contributed by atoms with Gasteiger partial charge in [0.05, 0.1) is 5.56 Å². The molecule has 5 nitrogen and oxygen atoms in total. The van der Waals surface area contributed by atoms with E-state index in [-0.39, 0.29) is 11.6 Å². The highest BCUT2D eigenvalue weighted by atomic mass is 32.2. The third-order valence-corrected chi connectivity index (χ3v) is 4.47. The second-order valence-corrected chi connectivity index (χ2v) is 6.45. The third-order valence-electron chi connectivity index (χ3n) is 3.06. The number of nitrogens with zero attached hydrogens (tertiary/aromatic N) is 2. The summed E-state index contributed by atoms with van der Waals surface area (Å²) in [5, 5.41) is 8.70. The zero-order valence-electron chi connectivity index (χ0n) is 12.1. The van der Waals surface area contributed by atoms with Gasteiger partial charge in [-0.15, -0.1) is 0 Å². The average molecular weight is 377 g/mol. The highest BCUT2D eigenvalue weighted by molar-refractivity contribution is 7.89. The molecule has 0 aliphatic carbocycles. The molecule has 0 bridgehead atoms. The smallest absolute Gasteiger partial charge is 0.262 e. The molecule has 0 aliphatic heterocycles. The van der Waals surface area contributed by atoms with Crippen LogP contribution in [-0.4, -0.2) is 19.8 Å². The molecule has 1 heterocycles. The molecule has 1 aromatic carbocycles. The first-order chi connectivity index (χ1) is 11.6. The maximum Gasteiger partial charge on any atom is 0.290 e. The van der Waals surface area contributed by atoms with Gasteiger partial charge in [-0.25, -0.2) is 30.4 Å². The first-order valence-electron chi connectivity index (χ1n) is 6.42. The molecule has 2 aromatic rings. The SMILES string of the molecule is N#Cc1cncc(S(=O)(=O)NC(F)(c2ccc(F)cc2F)C(F)F)c1. The van der Waals surface area contributed by atoms with E-state index in [2.05, 4.69) is 4.98 Å². The van der Waals surface area contributed by atoms with E-state index < -0.39 is 44.3 Å². The van der Waals surface area contributed by atoms with E-state index in [0.29, 0.717) is 18.3 Å². The van der Waals surface area contributed by atoms with Gasteiger partial charge in [0.15, 0.2) is 0 Å². The number of aromatic nitrogens is 1. The lowest BCUT2D eigenvalue weighted by Gasteiger charge is -2.26. The monoisotopic (exact) mass is 377 g/mol. The quantitative estimate of drug-likeness (QED) is 0.641. The van der Waals surface area contributed by atoms with E-state index in [9.17, 15) is 30.4 Å². The first-order valence-corrected chi connectivity index (χ1v) is 7.90. The summed E-state index contributed by atoms with van der Waals surface area (Å²) in [6.07, 6.45) is -2.33. The Morgan fingerprint density at radius 2 is 1.88 bits per heavy atom. The summed E-state index contributed by atoms with van der Waals surface area (Å²) in [5.74, 6) is -7.03. The van der Waals surface area contributed by atoms with E-state index in [1.54, 1.807) is 6.07 Å². The van der Waals surface area contributed by atoms with E-state index in [1.165, 1.54) is 0 Å². The molecule has 0 saturated carbocycles. The number of halogens is 5. The van der Waals surface area contributed by atoms with Crippen molar-refractivity contribution in [3.63, 3.8) is 0 Å². The molecule has 0 saturated heterocycles. The summed E-state index contributed by atoms with van der Waals surface area (Å²) in [7, 11) is -4.95. The second-order valence-electron chi connectivity index (χ2n) is 4.76. The fourth-order valence-electron chi connectivity index (χ4n) is 1.88. The standard InChI is InChI=1S/C14H8F5N3O2S/c15-9-1-2-11(12(16)4-9)14(19,13(17)18)22-25(23,24)10-3-8(5-20)6-21-7-10/h1-4,6-7,13,22H. The zero-order valence-corrected chi connectivity index (χ0v) is 12.9. The van der Waals surface area contributed by atoms with Crippen molar-refractivity contribution < 1.29 is 30.4 Å². The predicted octanol–water partition coefficient (Wildman–Crippen LogP) is 2.60. The van der Waals surface area contributed by atoms with E-state index in [4.69, 9.17) is 5.26 Å². The molecule has 0 spiro atoms. The summed E-state index contributed by atoms with van der Waals surface area (Å²) >= 11 is 0. The highest BCUT2D eigenvalue weighted by Crippen LogP contribution is 2.34. The van der Waals surface area contributed by atoms with Gasteiger partial charge in [-0.05, 0) is 18.2 Å². The molecular formula is C14H8F5N3O2S. The number of sulfonamides is 1. The maximum atomic E-state index is 14.7. The molecule has 0 radical (unpaired) electrons. The van der Waals surface area contributed by atoms with Crippen LogP contribution in [0.25, 0.3) is 0 Å². The Hall–Kier alpha value is -2.58. The van der Waals surface area contributed by atoms with Crippen LogP contribution in [0.15, 0.2) is 41.6 Å². The molecule has 1 unspecified atom stereocenters. The van der Waals surface area contributed by atoms with Crippen molar-refractivity contribution in [1.29, 1.82) is 5.26 Å². The topological polar surface area (TPSA) is 82.8 Å². The summed E-state index contributed by atoms with van der Waals surface area (Å²) < 4.78 is 93.1. The molecule has 25 heavy (non-hydrogen) atoms. The largest absolute Gasteiger partial charge is 0.290 e. The molecule has 0 amide bonds. The summed E-state index contributed by atoms with van der Waals surface area (Å²) in [6.45, 7) is 0. The Labute approximate surface area is 138 Å². The van der Waals surface area contributed by atoms with Crippen LogP contribution in [-0.2, 0) is 15.8 Å². The first kappa shape index (κ1) is 18.8. The highest BCUT2D eigenvalue weighted by Gasteiger charge is 2.48. The fraction of sp³-hybridized carbons (Fsp3) is 0.143. The molecular weight excluding hydrogens is 369 g/mol. The van der Waals surface area contributed by atoms with Crippen LogP contribution in [0, 0.1) is 23.0 Å². The Kier molecular flexibility index (Phi) is 5.05. The van der Waals surface area contributed by atoms with Gasteiger partial charge in [0, 0.05) is 24.0 Å². The van der Waals surface area contributed by atoms with Gasteiger partial charge >= 0.3 is 0 Å². The summed E-state index contributed by atoms with van der Waals surface area (Å²) in [6, 6.07) is 3.34. The normalized spacial score (nSPS) is 14.1. The van der Waals surface area contributed by atoms with Crippen LogP contribution in [0.1, 0.15) is 11.1 Å². The van der Waals surface area contributed by atoms with Crippen molar-refractivity contribution in [2.24, 2.45) is 0 Å². The molecule has 11 heteroatoms. The molecule has 1 N–H and O–H groups in total. The number of benzene rings is 1. The van der Waals surface area contributed by atoms with Gasteiger partial charge in [-0.3, -0.25) is 4.98 Å². The molecule has 2 rings (SSSR count). The van der Waals surface area contributed by atoms with Crippen LogP contribution in [0.2, 0.25) is 0 Å². The van der Waals surface area contributed by atoms with E-state index >= 15 is 0 Å². The van der Waals surface area contributed by atoms with E-state index in [0.717, 1.165) is 17.0 Å². The number of hydrogen-bond acceptors (Lipinski definition) is 4. The van der Waals surface area contributed by atoms with Crippen molar-refractivity contribution >= 4 is 10.0 Å². The Balaban J connectivity index is 2.53. The predicted molar refractivity (Wildman–Crippen MR) is 74.4 cm³/mol.